The number of carbonyl (C=O) groups excluding carboxylic acids is 1. The second-order valence-electron chi connectivity index (χ2n) is 6.24. The minimum atomic E-state index is -1.07. The van der Waals surface area contributed by atoms with Crippen molar-refractivity contribution >= 4 is 6.09 Å². The number of hydrogen-bond acceptors (Lipinski definition) is 1. The molecule has 0 unspecified atom stereocenters. The largest absolute Gasteiger partial charge is 0.453 e. The zero-order valence-corrected chi connectivity index (χ0v) is 10.2. The highest BCUT2D eigenvalue weighted by Crippen LogP contribution is 2.20. The van der Waals surface area contributed by atoms with E-state index in [0.29, 0.717) is 13.1 Å². The maximum atomic E-state index is 10.9. The van der Waals surface area contributed by atoms with E-state index in [1.54, 1.807) is 0 Å². The van der Waals surface area contributed by atoms with E-state index in [-0.39, 0.29) is 10.8 Å². The van der Waals surface area contributed by atoms with E-state index in [1.165, 1.54) is 4.90 Å². The quantitative estimate of drug-likeness (QED) is 0.675. The van der Waals surface area contributed by atoms with Crippen LogP contribution in [0, 0.1) is 10.8 Å². The molecule has 0 aromatic heterocycles. The third-order valence-electron chi connectivity index (χ3n) is 1.59. The van der Waals surface area contributed by atoms with Gasteiger partial charge in [0, 0.05) is 13.1 Å². The van der Waals surface area contributed by atoms with E-state index in [4.69, 9.17) is 0 Å². The first kappa shape index (κ1) is 13.3. The van der Waals surface area contributed by atoms with Crippen molar-refractivity contribution < 1.29 is 9.90 Å². The third kappa shape index (κ3) is 6.75. The Morgan fingerprint density at radius 2 is 1.21 bits per heavy atom. The van der Waals surface area contributed by atoms with Gasteiger partial charge in [-0.1, -0.05) is 41.5 Å². The predicted octanol–water partition coefficient (Wildman–Crippen LogP) is 2.93. The Morgan fingerprint density at radius 3 is 1.36 bits per heavy atom. The lowest BCUT2D eigenvalue weighted by atomic mass is 9.92. The summed E-state index contributed by atoms with van der Waals surface area (Å²) in [6, 6.07) is 0. The first-order valence-electron chi connectivity index (χ1n) is 4.97. The second kappa shape index (κ2) is 4.20. The van der Waals surface area contributed by atoms with Gasteiger partial charge in [0.2, 0.25) is 0 Å². The highest BCUT2D eigenvalue weighted by Gasteiger charge is 2.25. The summed E-state index contributed by atoms with van der Waals surface area (Å²) in [5.74, 6) is 0. The average Bonchev–Trinajstić information content (AvgIpc) is 1.78. The first-order valence-corrected chi connectivity index (χ1v) is 4.97. The fourth-order valence-electron chi connectivity index (χ4n) is 1.33. The minimum Gasteiger partial charge on any atom is -0.304 e. The van der Waals surface area contributed by atoms with Gasteiger partial charge >= 0.3 is 6.09 Å². The molecule has 0 aromatic carbocycles. The topological polar surface area (TPSA) is 40.2 Å². The standard InChI is InChI=1S/C11H22NO2/c1-10(2,3)7-12(9(13)14)8-11(4,5)6/h7-8H2,1-6H3. The van der Waals surface area contributed by atoms with E-state index in [2.05, 4.69) is 0 Å². The summed E-state index contributed by atoms with van der Waals surface area (Å²) in [5, 5.41) is 10.9. The van der Waals surface area contributed by atoms with E-state index < -0.39 is 6.09 Å². The lowest BCUT2D eigenvalue weighted by Crippen LogP contribution is -2.41. The molecule has 0 atom stereocenters. The summed E-state index contributed by atoms with van der Waals surface area (Å²) in [5.41, 5.74) is -0.0450. The Labute approximate surface area is 87.1 Å². The molecule has 1 radical (unpaired) electrons. The summed E-state index contributed by atoms with van der Waals surface area (Å²) >= 11 is 0. The number of amides is 1. The number of carbonyl (C=O) groups is 1. The Kier molecular flexibility index (Phi) is 3.98. The van der Waals surface area contributed by atoms with Crippen molar-refractivity contribution in [3.63, 3.8) is 0 Å². The summed E-state index contributed by atoms with van der Waals surface area (Å²) in [4.78, 5) is 12.3. The van der Waals surface area contributed by atoms with Gasteiger partial charge in [0.25, 0.3) is 0 Å². The van der Waals surface area contributed by atoms with Crippen molar-refractivity contribution in [2.75, 3.05) is 13.1 Å². The molecule has 1 amide bonds. The highest BCUT2D eigenvalue weighted by molar-refractivity contribution is 5.64. The molecule has 3 nitrogen and oxygen atoms in total. The molecule has 0 aliphatic carbocycles. The van der Waals surface area contributed by atoms with Gasteiger partial charge < -0.3 is 4.90 Å². The normalized spacial score (nSPS) is 12.7. The second-order valence-corrected chi connectivity index (χ2v) is 6.24. The zero-order valence-electron chi connectivity index (χ0n) is 10.2. The molecule has 0 heterocycles. The maximum Gasteiger partial charge on any atom is 0.453 e. The van der Waals surface area contributed by atoms with Gasteiger partial charge in [0.15, 0.2) is 0 Å². The van der Waals surface area contributed by atoms with Crippen LogP contribution in [0.5, 0.6) is 0 Å². The molecule has 0 bridgehead atoms. The van der Waals surface area contributed by atoms with Gasteiger partial charge in [-0.05, 0) is 10.8 Å². The predicted molar refractivity (Wildman–Crippen MR) is 56.6 cm³/mol. The minimum absolute atomic E-state index is 0.0225. The molecule has 0 aliphatic heterocycles. The van der Waals surface area contributed by atoms with Gasteiger partial charge in [0.1, 0.15) is 0 Å². The van der Waals surface area contributed by atoms with Crippen molar-refractivity contribution in [3.8, 4) is 0 Å². The van der Waals surface area contributed by atoms with Crippen molar-refractivity contribution in [2.24, 2.45) is 10.8 Å². The van der Waals surface area contributed by atoms with Crippen LogP contribution >= 0.6 is 0 Å². The van der Waals surface area contributed by atoms with Crippen molar-refractivity contribution in [1.82, 2.24) is 4.90 Å². The van der Waals surface area contributed by atoms with Gasteiger partial charge in [-0.3, -0.25) is 0 Å². The number of rotatable bonds is 2. The van der Waals surface area contributed by atoms with Crippen LogP contribution in [0.4, 0.5) is 4.79 Å². The molecule has 0 rings (SSSR count). The van der Waals surface area contributed by atoms with E-state index >= 15 is 0 Å². The summed E-state index contributed by atoms with van der Waals surface area (Å²) in [6.45, 7) is 13.2. The molecule has 0 fully saturated rings. The lowest BCUT2D eigenvalue weighted by Gasteiger charge is -2.31. The van der Waals surface area contributed by atoms with Gasteiger partial charge in [-0.25, -0.2) is 9.90 Å². The fourth-order valence-corrected chi connectivity index (χ4v) is 1.33. The van der Waals surface area contributed by atoms with Crippen molar-refractivity contribution in [1.29, 1.82) is 0 Å². The van der Waals surface area contributed by atoms with E-state index in [0.717, 1.165) is 0 Å². The highest BCUT2D eigenvalue weighted by atomic mass is 16.4. The summed E-state index contributed by atoms with van der Waals surface area (Å²) < 4.78 is 0. The Morgan fingerprint density at radius 1 is 0.929 bits per heavy atom. The van der Waals surface area contributed by atoms with Crippen LogP contribution in [-0.4, -0.2) is 24.1 Å². The van der Waals surface area contributed by atoms with Gasteiger partial charge in [-0.15, -0.1) is 0 Å². The Balaban J connectivity index is 4.40. The van der Waals surface area contributed by atoms with Crippen molar-refractivity contribution in [3.05, 3.63) is 0 Å². The van der Waals surface area contributed by atoms with Crippen LogP contribution in [0.1, 0.15) is 41.5 Å². The first-order chi connectivity index (χ1) is 6.01. The smallest absolute Gasteiger partial charge is 0.304 e. The van der Waals surface area contributed by atoms with Crippen molar-refractivity contribution in [2.45, 2.75) is 41.5 Å². The van der Waals surface area contributed by atoms with Gasteiger partial charge in [-0.2, -0.15) is 0 Å². The lowest BCUT2D eigenvalue weighted by molar-refractivity contribution is 0.0861. The van der Waals surface area contributed by atoms with Crippen LogP contribution in [0.3, 0.4) is 0 Å². The molecule has 0 N–H and O–H groups in total. The molecule has 83 valence electrons. The van der Waals surface area contributed by atoms with Gasteiger partial charge in [0.05, 0.1) is 0 Å². The molecular formula is C11H22NO2. The average molecular weight is 200 g/mol. The number of nitrogens with zero attached hydrogens (tertiary/aromatic N) is 1. The number of hydrogen-bond donors (Lipinski definition) is 0. The van der Waals surface area contributed by atoms with Crippen LogP contribution < -0.4 is 0 Å². The van der Waals surface area contributed by atoms with Crippen LogP contribution in [0.15, 0.2) is 0 Å². The summed E-state index contributed by atoms with van der Waals surface area (Å²) in [7, 11) is 0. The molecule has 3 heteroatoms. The zero-order chi connectivity index (χ0) is 11.6. The third-order valence-corrected chi connectivity index (χ3v) is 1.59. The molecule has 0 saturated carbocycles. The van der Waals surface area contributed by atoms with Crippen LogP contribution in [-0.2, 0) is 5.11 Å². The SMILES string of the molecule is CC(C)(C)CN(CC(C)(C)C)C([O])=O. The van der Waals surface area contributed by atoms with Crippen LogP contribution in [0.25, 0.3) is 0 Å². The van der Waals surface area contributed by atoms with Crippen LogP contribution in [0.2, 0.25) is 0 Å². The molecule has 14 heavy (non-hydrogen) atoms. The molecule has 0 saturated heterocycles. The van der Waals surface area contributed by atoms with E-state index in [1.807, 2.05) is 41.5 Å². The maximum absolute atomic E-state index is 10.9. The Hall–Kier alpha value is -0.730. The summed E-state index contributed by atoms with van der Waals surface area (Å²) in [6.07, 6.45) is -1.07. The molecule has 0 aliphatic rings. The monoisotopic (exact) mass is 200 g/mol. The molecular weight excluding hydrogens is 178 g/mol. The molecule has 0 spiro atoms. The Bertz CT molecular complexity index is 182. The molecule has 0 aromatic rings. The fraction of sp³-hybridized carbons (Fsp3) is 0.909. The van der Waals surface area contributed by atoms with E-state index in [9.17, 15) is 9.90 Å².